The van der Waals surface area contributed by atoms with E-state index in [0.29, 0.717) is 29.2 Å². The Morgan fingerprint density at radius 1 is 1.50 bits per heavy atom. The summed E-state index contributed by atoms with van der Waals surface area (Å²) in [7, 11) is 0. The first-order valence-electron chi connectivity index (χ1n) is 5.59. The number of aliphatic hydroxyl groups is 2. The summed E-state index contributed by atoms with van der Waals surface area (Å²) in [6, 6.07) is 0. The molecule has 2 aromatic rings. The van der Waals surface area contributed by atoms with Gasteiger partial charge in [-0.3, -0.25) is 0 Å². The molecule has 3 heterocycles. The Morgan fingerprint density at radius 2 is 2.33 bits per heavy atom. The first kappa shape index (κ1) is 11.3. The number of nitrogen functional groups attached to an aromatic ring is 1. The molecule has 1 unspecified atom stereocenters. The Hall–Kier alpha value is -1.77. The van der Waals surface area contributed by atoms with Crippen molar-refractivity contribution < 1.29 is 14.9 Å². The number of aromatic amines is 1. The molecule has 0 spiro atoms. The van der Waals surface area contributed by atoms with Crippen molar-refractivity contribution in [2.24, 2.45) is 0 Å². The van der Waals surface area contributed by atoms with Crippen molar-refractivity contribution >= 4 is 17.0 Å². The van der Waals surface area contributed by atoms with Gasteiger partial charge >= 0.3 is 0 Å². The summed E-state index contributed by atoms with van der Waals surface area (Å²) in [6.07, 6.45) is 0.0377. The summed E-state index contributed by atoms with van der Waals surface area (Å²) in [4.78, 5) is 15.1. The Labute approximate surface area is 102 Å². The molecule has 96 valence electrons. The molecule has 1 fully saturated rings. The van der Waals surface area contributed by atoms with Crippen molar-refractivity contribution in [1.82, 2.24) is 19.9 Å². The van der Waals surface area contributed by atoms with E-state index in [2.05, 4.69) is 19.9 Å². The van der Waals surface area contributed by atoms with E-state index in [4.69, 9.17) is 15.6 Å². The molecule has 5 N–H and O–H groups in total. The molecule has 2 aromatic heterocycles. The lowest BCUT2D eigenvalue weighted by Gasteiger charge is -2.09. The smallest absolute Gasteiger partial charge is 0.183 e. The standard InChI is InChI=1S/C10H13N5O3/c11-8-7-10(13-3-12-8)15-9(14-7)5-1-4(17)6(2-16)18-5/h3-6,16-17H,1-2H2,(H3,11,12,13,14,15)/t4-,5-,6?/m1/s1/i1+1,2+1,4+1,5+1,6+1. The van der Waals surface area contributed by atoms with Crippen LogP contribution >= 0.6 is 0 Å². The second-order valence-electron chi connectivity index (χ2n) is 4.23. The maximum absolute atomic E-state index is 9.67. The highest BCUT2D eigenvalue weighted by Gasteiger charge is 2.36. The van der Waals surface area contributed by atoms with Crippen LogP contribution in [0.15, 0.2) is 6.33 Å². The summed E-state index contributed by atoms with van der Waals surface area (Å²) < 4.78 is 5.50. The van der Waals surface area contributed by atoms with E-state index in [-0.39, 0.29) is 6.61 Å². The van der Waals surface area contributed by atoms with Gasteiger partial charge in [0.25, 0.3) is 0 Å². The largest absolute Gasteiger partial charge is 0.394 e. The predicted molar refractivity (Wildman–Crippen MR) is 61.4 cm³/mol. The SMILES string of the molecule is Nc1ncnc2nc([13C@H]3[13CH2][13C@@H](O)[13CH]([13CH2]O)O3)[nH]c12. The topological polar surface area (TPSA) is 130 Å². The third kappa shape index (κ3) is 1.70. The minimum atomic E-state index is -0.698. The van der Waals surface area contributed by atoms with Crippen LogP contribution in [0.3, 0.4) is 0 Å². The summed E-state index contributed by atoms with van der Waals surface area (Å²) in [5, 5.41) is 18.7. The van der Waals surface area contributed by atoms with Crippen LogP contribution in [0.4, 0.5) is 5.82 Å². The number of nitrogens with zero attached hydrogens (tertiary/aromatic N) is 3. The number of aromatic nitrogens is 4. The zero-order valence-corrected chi connectivity index (χ0v) is 9.45. The van der Waals surface area contributed by atoms with Crippen LogP contribution in [-0.2, 0) is 4.74 Å². The number of ether oxygens (including phenoxy) is 1. The number of hydrogen-bond acceptors (Lipinski definition) is 7. The second-order valence-corrected chi connectivity index (χ2v) is 4.23. The molecule has 0 aromatic carbocycles. The van der Waals surface area contributed by atoms with Gasteiger partial charge in [-0.25, -0.2) is 15.0 Å². The Bertz CT molecular complexity index is 572. The van der Waals surface area contributed by atoms with Gasteiger partial charge in [-0.1, -0.05) is 0 Å². The number of hydrogen-bond donors (Lipinski definition) is 4. The van der Waals surface area contributed by atoms with Crippen LogP contribution in [0.5, 0.6) is 0 Å². The van der Waals surface area contributed by atoms with Crippen LogP contribution in [0, 0.1) is 0 Å². The van der Waals surface area contributed by atoms with E-state index >= 15 is 0 Å². The number of aliphatic hydroxyl groups excluding tert-OH is 2. The summed E-state index contributed by atoms with van der Waals surface area (Å²) in [6.45, 7) is -0.222. The van der Waals surface area contributed by atoms with Crippen molar-refractivity contribution in [3.05, 3.63) is 12.2 Å². The van der Waals surface area contributed by atoms with E-state index in [1.165, 1.54) is 6.33 Å². The van der Waals surface area contributed by atoms with Gasteiger partial charge in [0, 0.05) is 6.42 Å². The minimum Gasteiger partial charge on any atom is -0.394 e. The molecule has 0 saturated carbocycles. The minimum absolute atomic E-state index is 0.222. The van der Waals surface area contributed by atoms with Gasteiger partial charge in [0.15, 0.2) is 11.5 Å². The number of nitrogens with one attached hydrogen (secondary N) is 1. The number of rotatable bonds is 2. The lowest BCUT2D eigenvalue weighted by Crippen LogP contribution is -2.24. The molecule has 1 saturated heterocycles. The lowest BCUT2D eigenvalue weighted by atomic mass is 10.5. The zero-order chi connectivity index (χ0) is 12.7. The number of fused-ring (bicyclic) bond motifs is 1. The maximum Gasteiger partial charge on any atom is 0.183 e. The van der Waals surface area contributed by atoms with E-state index in [1.54, 1.807) is 0 Å². The predicted octanol–water partition coefficient (Wildman–Crippen LogP) is -0.882. The van der Waals surface area contributed by atoms with Gasteiger partial charge in [0.2, 0.25) is 0 Å². The van der Waals surface area contributed by atoms with Crippen LogP contribution in [-0.4, -0.2) is 49.0 Å². The normalized spacial score (nSPS) is 28.0. The molecule has 0 aliphatic carbocycles. The summed E-state index contributed by atoms with van der Waals surface area (Å²) >= 11 is 0. The molecular formula is C10H13N5O3. The van der Waals surface area contributed by atoms with E-state index < -0.39 is 18.3 Å². The molecule has 3 rings (SSSR count). The van der Waals surface area contributed by atoms with Crippen LogP contribution < -0.4 is 5.73 Å². The number of anilines is 1. The fraction of sp³-hybridized carbons (Fsp3) is 0.500. The third-order valence-electron chi connectivity index (χ3n) is 3.04. The quantitative estimate of drug-likeness (QED) is 0.513. The van der Waals surface area contributed by atoms with Crippen LogP contribution in [0.1, 0.15) is 18.3 Å². The Morgan fingerprint density at radius 3 is 3.00 bits per heavy atom. The fourth-order valence-electron chi connectivity index (χ4n) is 2.09. The van der Waals surface area contributed by atoms with Crippen molar-refractivity contribution in [3.8, 4) is 0 Å². The molecule has 0 bridgehead atoms. The summed E-state index contributed by atoms with van der Waals surface area (Å²) in [5.41, 5.74) is 6.71. The first-order chi connectivity index (χ1) is 8.69. The molecule has 3 atom stereocenters. The number of nitrogens with two attached hydrogens (primary N) is 1. The van der Waals surface area contributed by atoms with Crippen molar-refractivity contribution in [2.75, 3.05) is 12.3 Å². The van der Waals surface area contributed by atoms with Crippen molar-refractivity contribution in [1.29, 1.82) is 0 Å². The Balaban J connectivity index is 1.94. The fourth-order valence-corrected chi connectivity index (χ4v) is 2.09. The highest BCUT2D eigenvalue weighted by Crippen LogP contribution is 2.32. The highest BCUT2D eigenvalue weighted by molar-refractivity contribution is 5.81. The Kier molecular flexibility index (Phi) is 2.62. The van der Waals surface area contributed by atoms with Gasteiger partial charge in [-0.15, -0.1) is 0 Å². The van der Waals surface area contributed by atoms with Crippen LogP contribution in [0.25, 0.3) is 11.2 Å². The number of imidazole rings is 1. The van der Waals surface area contributed by atoms with Crippen molar-refractivity contribution in [3.63, 3.8) is 0 Å². The van der Waals surface area contributed by atoms with E-state index in [0.717, 1.165) is 0 Å². The number of H-pyrrole nitrogens is 1. The third-order valence-corrected chi connectivity index (χ3v) is 3.04. The molecule has 0 radical (unpaired) electrons. The highest BCUT2D eigenvalue weighted by atomic mass is 16.7. The average Bonchev–Trinajstić information content (AvgIpc) is 2.93. The van der Waals surface area contributed by atoms with E-state index in [9.17, 15) is 5.11 Å². The van der Waals surface area contributed by atoms with Gasteiger partial charge < -0.3 is 25.7 Å². The molecule has 8 nitrogen and oxygen atoms in total. The molecule has 0 amide bonds. The molecule has 1 aliphatic rings. The van der Waals surface area contributed by atoms with Gasteiger partial charge in [0.05, 0.1) is 12.7 Å². The maximum atomic E-state index is 9.67. The molecule has 18 heavy (non-hydrogen) atoms. The molecule has 1 aliphatic heterocycles. The monoisotopic (exact) mass is 256 g/mol. The second kappa shape index (κ2) is 4.16. The van der Waals surface area contributed by atoms with Gasteiger partial charge in [0.1, 0.15) is 29.9 Å². The van der Waals surface area contributed by atoms with Gasteiger partial charge in [-0.05, 0) is 0 Å². The average molecular weight is 256 g/mol. The molecule has 8 heteroatoms. The van der Waals surface area contributed by atoms with E-state index in [1.807, 2.05) is 0 Å². The molecular weight excluding hydrogens is 243 g/mol. The van der Waals surface area contributed by atoms with Crippen molar-refractivity contribution in [2.45, 2.75) is 24.7 Å². The van der Waals surface area contributed by atoms with Gasteiger partial charge in [-0.2, -0.15) is 0 Å². The van der Waals surface area contributed by atoms with Crippen LogP contribution in [0.2, 0.25) is 0 Å². The lowest BCUT2D eigenvalue weighted by molar-refractivity contribution is -0.0244. The first-order valence-corrected chi connectivity index (χ1v) is 5.59. The summed E-state index contributed by atoms with van der Waals surface area (Å²) in [5.74, 6) is 0.850. The zero-order valence-electron chi connectivity index (χ0n) is 9.45.